The number of likely N-dealkylation sites (N-methyl/N-ethyl adjacent to an activating group) is 1. The number of aromatic nitrogens is 2. The van der Waals surface area contributed by atoms with Crippen LogP contribution in [0.4, 0.5) is 11.5 Å². The highest BCUT2D eigenvalue weighted by Gasteiger charge is 2.20. The number of carbonyl (C=O) groups is 1. The fourth-order valence-electron chi connectivity index (χ4n) is 4.01. The average molecular weight is 417 g/mol. The normalized spacial score (nSPS) is 15.5. The fourth-order valence-corrected chi connectivity index (χ4v) is 4.01. The minimum atomic E-state index is -0.172. The zero-order valence-corrected chi connectivity index (χ0v) is 18.2. The molecule has 1 fully saturated rings. The number of amides is 1. The van der Waals surface area contributed by atoms with E-state index in [2.05, 4.69) is 27.5 Å². The monoisotopic (exact) mass is 416 g/mol. The Bertz CT molecular complexity index is 998. The molecule has 1 atom stereocenters. The number of rotatable bonds is 6. The number of anilines is 2. The number of piperazine rings is 1. The summed E-state index contributed by atoms with van der Waals surface area (Å²) in [6.07, 6.45) is 0.746. The van der Waals surface area contributed by atoms with E-state index in [0.29, 0.717) is 0 Å². The van der Waals surface area contributed by atoms with Gasteiger partial charge in [0.2, 0.25) is 5.91 Å². The molecule has 0 spiro atoms. The maximum atomic E-state index is 12.9. The predicted molar refractivity (Wildman–Crippen MR) is 124 cm³/mol. The summed E-state index contributed by atoms with van der Waals surface area (Å²) in [6.45, 7) is 6.27. The molecule has 2 N–H and O–H groups in total. The first-order chi connectivity index (χ1) is 15.1. The van der Waals surface area contributed by atoms with Crippen LogP contribution in [0.3, 0.4) is 0 Å². The second kappa shape index (κ2) is 9.71. The second-order valence-electron chi connectivity index (χ2n) is 8.16. The molecule has 0 aliphatic carbocycles. The second-order valence-corrected chi connectivity index (χ2v) is 8.16. The Labute approximate surface area is 183 Å². The standard InChI is InChI=1S/C25H29N5O/c1-3-22(19-8-5-4-6-9-19)25(31)26-21-11-7-10-20(18-21)23-12-13-24(28-27-23)30-16-14-29(2)15-17-30/h4-13,18,22H,3,14-17H2,1-2H3,(H,26,31)/p+1/t22-/m0/s1. The average Bonchev–Trinajstić information content (AvgIpc) is 2.81. The van der Waals surface area contributed by atoms with E-state index in [-0.39, 0.29) is 11.8 Å². The molecule has 160 valence electrons. The summed E-state index contributed by atoms with van der Waals surface area (Å²) in [5, 5.41) is 12.0. The van der Waals surface area contributed by atoms with E-state index in [1.807, 2.05) is 73.7 Å². The van der Waals surface area contributed by atoms with E-state index < -0.39 is 0 Å². The van der Waals surface area contributed by atoms with Crippen molar-refractivity contribution in [3.05, 3.63) is 72.3 Å². The van der Waals surface area contributed by atoms with Crippen molar-refractivity contribution in [3.63, 3.8) is 0 Å². The maximum Gasteiger partial charge on any atom is 0.231 e. The number of nitrogens with zero attached hydrogens (tertiary/aromatic N) is 3. The molecule has 6 heteroatoms. The minimum absolute atomic E-state index is 0.00415. The van der Waals surface area contributed by atoms with Crippen LogP contribution < -0.4 is 15.1 Å². The van der Waals surface area contributed by atoms with Crippen molar-refractivity contribution in [1.82, 2.24) is 10.2 Å². The molecule has 1 aliphatic heterocycles. The molecule has 0 radical (unpaired) electrons. The van der Waals surface area contributed by atoms with Gasteiger partial charge in [-0.05, 0) is 36.2 Å². The quantitative estimate of drug-likeness (QED) is 0.649. The summed E-state index contributed by atoms with van der Waals surface area (Å²) in [5.74, 6) is 0.758. The highest BCUT2D eigenvalue weighted by atomic mass is 16.1. The first kappa shape index (κ1) is 21.0. The van der Waals surface area contributed by atoms with E-state index in [4.69, 9.17) is 0 Å². The van der Waals surface area contributed by atoms with E-state index in [1.54, 1.807) is 4.90 Å². The highest BCUT2D eigenvalue weighted by Crippen LogP contribution is 2.25. The number of hydrogen-bond acceptors (Lipinski definition) is 4. The van der Waals surface area contributed by atoms with Crippen molar-refractivity contribution in [1.29, 1.82) is 0 Å². The van der Waals surface area contributed by atoms with E-state index in [1.165, 1.54) is 0 Å². The Balaban J connectivity index is 1.46. The first-order valence-electron chi connectivity index (χ1n) is 11.0. The summed E-state index contributed by atoms with van der Waals surface area (Å²) in [4.78, 5) is 16.7. The molecule has 0 bridgehead atoms. The van der Waals surface area contributed by atoms with Crippen LogP contribution in [0.1, 0.15) is 24.8 Å². The highest BCUT2D eigenvalue weighted by molar-refractivity contribution is 5.96. The molecule has 2 aromatic carbocycles. The predicted octanol–water partition coefficient (Wildman–Crippen LogP) is 2.61. The molecule has 1 amide bonds. The SMILES string of the molecule is CC[C@H](C(=O)Nc1cccc(-c2ccc(N3CC[NH+](C)CC3)nn2)c1)c1ccccc1. The van der Waals surface area contributed by atoms with E-state index in [0.717, 1.165) is 60.9 Å². The lowest BCUT2D eigenvalue weighted by molar-refractivity contribution is -0.880. The van der Waals surface area contributed by atoms with Crippen LogP contribution in [0.15, 0.2) is 66.7 Å². The number of nitrogens with one attached hydrogen (secondary N) is 2. The molecule has 31 heavy (non-hydrogen) atoms. The van der Waals surface area contributed by atoms with Crippen LogP contribution >= 0.6 is 0 Å². The number of quaternary nitrogens is 1. The molecule has 0 saturated carbocycles. The lowest BCUT2D eigenvalue weighted by atomic mass is 9.95. The van der Waals surface area contributed by atoms with Crippen LogP contribution in [0.25, 0.3) is 11.3 Å². The van der Waals surface area contributed by atoms with Crippen molar-refractivity contribution in [2.45, 2.75) is 19.3 Å². The molecule has 2 heterocycles. The van der Waals surface area contributed by atoms with Gasteiger partial charge >= 0.3 is 0 Å². The third-order valence-electron chi connectivity index (χ3n) is 5.94. The van der Waals surface area contributed by atoms with Crippen molar-refractivity contribution < 1.29 is 9.69 Å². The Morgan fingerprint density at radius 3 is 2.48 bits per heavy atom. The van der Waals surface area contributed by atoms with E-state index in [9.17, 15) is 4.79 Å². The van der Waals surface area contributed by atoms with Crippen molar-refractivity contribution in [3.8, 4) is 11.3 Å². The van der Waals surface area contributed by atoms with Gasteiger partial charge in [-0.3, -0.25) is 4.79 Å². The molecule has 3 aromatic rings. The molecule has 1 saturated heterocycles. The van der Waals surface area contributed by atoms with Crippen molar-refractivity contribution >= 4 is 17.4 Å². The number of carbonyl (C=O) groups excluding carboxylic acids is 1. The minimum Gasteiger partial charge on any atom is -0.344 e. The van der Waals surface area contributed by atoms with Crippen LogP contribution in [0.2, 0.25) is 0 Å². The van der Waals surface area contributed by atoms with Gasteiger partial charge in [0, 0.05) is 11.3 Å². The maximum absolute atomic E-state index is 12.9. The Morgan fingerprint density at radius 2 is 1.81 bits per heavy atom. The summed E-state index contributed by atoms with van der Waals surface area (Å²) < 4.78 is 0. The third kappa shape index (κ3) is 5.09. The van der Waals surface area contributed by atoms with Gasteiger partial charge in [-0.25, -0.2) is 0 Å². The van der Waals surface area contributed by atoms with Gasteiger partial charge in [-0.15, -0.1) is 10.2 Å². The van der Waals surface area contributed by atoms with Crippen molar-refractivity contribution in [2.24, 2.45) is 0 Å². The lowest BCUT2D eigenvalue weighted by Gasteiger charge is -2.30. The van der Waals surface area contributed by atoms with Crippen LogP contribution in [-0.4, -0.2) is 49.3 Å². The molecule has 4 rings (SSSR count). The molecule has 6 nitrogen and oxygen atoms in total. The summed E-state index contributed by atoms with van der Waals surface area (Å²) >= 11 is 0. The smallest absolute Gasteiger partial charge is 0.231 e. The molecule has 1 aliphatic rings. The van der Waals surface area contributed by atoms with Crippen molar-refractivity contribution in [2.75, 3.05) is 43.4 Å². The number of hydrogen-bond donors (Lipinski definition) is 2. The lowest BCUT2D eigenvalue weighted by Crippen LogP contribution is -3.12. The molecular weight excluding hydrogens is 386 g/mol. The van der Waals surface area contributed by atoms with Gasteiger partial charge in [0.15, 0.2) is 5.82 Å². The molecule has 0 unspecified atom stereocenters. The topological polar surface area (TPSA) is 62.6 Å². The zero-order chi connectivity index (χ0) is 21.6. The van der Waals surface area contributed by atoms with Gasteiger partial charge in [0.25, 0.3) is 0 Å². The van der Waals surface area contributed by atoms with Gasteiger partial charge in [-0.2, -0.15) is 0 Å². The summed E-state index contributed by atoms with van der Waals surface area (Å²) in [5.41, 5.74) is 3.54. The van der Waals surface area contributed by atoms with Gasteiger partial charge in [0.05, 0.1) is 44.8 Å². The Morgan fingerprint density at radius 1 is 1.03 bits per heavy atom. The van der Waals surface area contributed by atoms with Crippen LogP contribution in [-0.2, 0) is 4.79 Å². The third-order valence-corrected chi connectivity index (χ3v) is 5.94. The van der Waals surface area contributed by atoms with Crippen LogP contribution in [0, 0.1) is 0 Å². The fraction of sp³-hybridized carbons (Fsp3) is 0.320. The largest absolute Gasteiger partial charge is 0.344 e. The van der Waals surface area contributed by atoms with Gasteiger partial charge in [0.1, 0.15) is 0 Å². The summed E-state index contributed by atoms with van der Waals surface area (Å²) in [7, 11) is 2.22. The van der Waals surface area contributed by atoms with E-state index >= 15 is 0 Å². The summed E-state index contributed by atoms with van der Waals surface area (Å²) in [6, 6.07) is 21.8. The first-order valence-corrected chi connectivity index (χ1v) is 11.0. The number of benzene rings is 2. The van der Waals surface area contributed by atoms with Gasteiger partial charge in [-0.1, -0.05) is 49.4 Å². The zero-order valence-electron chi connectivity index (χ0n) is 18.2. The molecular formula is C25H30N5O+. The van der Waals surface area contributed by atoms with Crippen LogP contribution in [0.5, 0.6) is 0 Å². The Kier molecular flexibility index (Phi) is 6.57. The molecule has 1 aromatic heterocycles. The Hall–Kier alpha value is -3.25. The van der Waals surface area contributed by atoms with Gasteiger partial charge < -0.3 is 15.1 Å².